The Balaban J connectivity index is 2.15. The lowest BCUT2D eigenvalue weighted by atomic mass is 10.2. The van der Waals surface area contributed by atoms with Crippen LogP contribution < -0.4 is 5.56 Å². The molecule has 1 N–H and O–H groups in total. The largest absolute Gasteiger partial charge is 0.333 e. The third-order valence-corrected chi connectivity index (χ3v) is 2.69. The molecular formula is C13H14N4O2. The number of aromatic nitrogens is 3. The zero-order chi connectivity index (χ0) is 13.7. The number of carbonyl (C=O) groups is 1. The maximum atomic E-state index is 12.2. The fraction of sp³-hybridized carbons (Fsp3) is 0.231. The number of hydrogen-bond acceptors (Lipinski definition) is 4. The summed E-state index contributed by atoms with van der Waals surface area (Å²) in [4.78, 5) is 28.7. The quantitative estimate of drug-likeness (QED) is 0.880. The molecule has 2 aromatic heterocycles. The highest BCUT2D eigenvalue weighted by molar-refractivity contribution is 5.92. The average molecular weight is 258 g/mol. The maximum Gasteiger partial charge on any atom is 0.274 e. The summed E-state index contributed by atoms with van der Waals surface area (Å²) in [5.74, 6) is -0.212. The Morgan fingerprint density at radius 3 is 2.58 bits per heavy atom. The van der Waals surface area contributed by atoms with Gasteiger partial charge in [0.2, 0.25) is 0 Å². The first-order valence-corrected chi connectivity index (χ1v) is 5.94. The number of hydrogen-bond donors (Lipinski definition) is 1. The highest BCUT2D eigenvalue weighted by Crippen LogP contribution is 2.06. The Labute approximate surface area is 110 Å². The van der Waals surface area contributed by atoms with Gasteiger partial charge < -0.3 is 4.90 Å². The molecular weight excluding hydrogens is 244 g/mol. The molecule has 0 saturated carbocycles. The van der Waals surface area contributed by atoms with Crippen LogP contribution in [-0.4, -0.2) is 32.5 Å². The van der Waals surface area contributed by atoms with Crippen LogP contribution in [0.1, 0.15) is 23.0 Å². The maximum absolute atomic E-state index is 12.2. The van der Waals surface area contributed by atoms with Gasteiger partial charge in [-0.05, 0) is 30.7 Å². The average Bonchev–Trinajstić information content (AvgIpc) is 2.46. The lowest BCUT2D eigenvalue weighted by molar-refractivity contribution is 0.0745. The molecule has 98 valence electrons. The molecule has 19 heavy (non-hydrogen) atoms. The van der Waals surface area contributed by atoms with Crippen LogP contribution in [0.4, 0.5) is 0 Å². The molecule has 0 aromatic carbocycles. The van der Waals surface area contributed by atoms with Crippen molar-refractivity contribution >= 4 is 5.91 Å². The number of aromatic amines is 1. The van der Waals surface area contributed by atoms with Gasteiger partial charge in [0, 0.05) is 31.5 Å². The molecule has 0 atom stereocenters. The van der Waals surface area contributed by atoms with Crippen molar-refractivity contribution in [3.05, 3.63) is 58.3 Å². The van der Waals surface area contributed by atoms with Gasteiger partial charge in [-0.1, -0.05) is 0 Å². The SMILES string of the molecule is CCN(Cc1ccncc1)C(=O)c1ccc(=O)[nH]n1. The topological polar surface area (TPSA) is 79.0 Å². The predicted octanol–water partition coefficient (Wildman–Crippen LogP) is 0.827. The smallest absolute Gasteiger partial charge is 0.274 e. The number of H-pyrrole nitrogens is 1. The van der Waals surface area contributed by atoms with Gasteiger partial charge in [-0.2, -0.15) is 5.10 Å². The van der Waals surface area contributed by atoms with E-state index in [1.165, 1.54) is 12.1 Å². The summed E-state index contributed by atoms with van der Waals surface area (Å²) in [6, 6.07) is 6.43. The van der Waals surface area contributed by atoms with Gasteiger partial charge in [-0.15, -0.1) is 0 Å². The first-order valence-electron chi connectivity index (χ1n) is 5.94. The third-order valence-electron chi connectivity index (χ3n) is 2.69. The molecule has 0 spiro atoms. The van der Waals surface area contributed by atoms with E-state index in [2.05, 4.69) is 15.2 Å². The Morgan fingerprint density at radius 2 is 2.00 bits per heavy atom. The number of carbonyl (C=O) groups excluding carboxylic acids is 1. The molecule has 0 unspecified atom stereocenters. The number of pyridine rings is 1. The van der Waals surface area contributed by atoms with Gasteiger partial charge in [-0.25, -0.2) is 5.10 Å². The van der Waals surface area contributed by atoms with E-state index in [9.17, 15) is 9.59 Å². The van der Waals surface area contributed by atoms with E-state index in [4.69, 9.17) is 0 Å². The Morgan fingerprint density at radius 1 is 1.26 bits per heavy atom. The number of nitrogens with zero attached hydrogens (tertiary/aromatic N) is 3. The van der Waals surface area contributed by atoms with Crippen molar-refractivity contribution in [1.29, 1.82) is 0 Å². The van der Waals surface area contributed by atoms with Gasteiger partial charge in [0.1, 0.15) is 5.69 Å². The normalized spacial score (nSPS) is 10.2. The second kappa shape index (κ2) is 5.90. The molecule has 0 bridgehead atoms. The summed E-state index contributed by atoms with van der Waals surface area (Å²) >= 11 is 0. The summed E-state index contributed by atoms with van der Waals surface area (Å²) in [5.41, 5.74) is 0.902. The number of amides is 1. The van der Waals surface area contributed by atoms with Crippen molar-refractivity contribution in [3.8, 4) is 0 Å². The van der Waals surface area contributed by atoms with Gasteiger partial charge in [0.25, 0.3) is 11.5 Å². The predicted molar refractivity (Wildman–Crippen MR) is 69.5 cm³/mol. The minimum atomic E-state index is -0.325. The van der Waals surface area contributed by atoms with Crippen molar-refractivity contribution in [3.63, 3.8) is 0 Å². The van der Waals surface area contributed by atoms with Crippen molar-refractivity contribution < 1.29 is 4.79 Å². The Bertz CT molecular complexity index is 589. The number of nitrogens with one attached hydrogen (secondary N) is 1. The van der Waals surface area contributed by atoms with Gasteiger partial charge >= 0.3 is 0 Å². The lowest BCUT2D eigenvalue weighted by Gasteiger charge is -2.20. The molecule has 0 aliphatic carbocycles. The van der Waals surface area contributed by atoms with Crippen molar-refractivity contribution in [2.45, 2.75) is 13.5 Å². The third kappa shape index (κ3) is 3.25. The van der Waals surface area contributed by atoms with E-state index in [1.807, 2.05) is 19.1 Å². The Hall–Kier alpha value is -2.50. The van der Waals surface area contributed by atoms with E-state index in [1.54, 1.807) is 17.3 Å². The first kappa shape index (κ1) is 12.9. The fourth-order valence-corrected chi connectivity index (χ4v) is 1.66. The molecule has 0 radical (unpaired) electrons. The minimum Gasteiger partial charge on any atom is -0.333 e. The van der Waals surface area contributed by atoms with E-state index >= 15 is 0 Å². The van der Waals surface area contributed by atoms with E-state index in [-0.39, 0.29) is 17.2 Å². The van der Waals surface area contributed by atoms with Crippen LogP contribution in [0.25, 0.3) is 0 Å². The second-order valence-electron chi connectivity index (χ2n) is 3.98. The standard InChI is InChI=1S/C13H14N4O2/c1-2-17(9-10-5-7-14-8-6-10)13(19)11-3-4-12(18)16-15-11/h3-8H,2,9H2,1H3,(H,16,18). The summed E-state index contributed by atoms with van der Waals surface area (Å²) < 4.78 is 0. The molecule has 0 saturated heterocycles. The van der Waals surface area contributed by atoms with Gasteiger partial charge in [0.15, 0.2) is 0 Å². The van der Waals surface area contributed by atoms with Gasteiger partial charge in [-0.3, -0.25) is 14.6 Å². The van der Waals surface area contributed by atoms with Crippen LogP contribution in [0.2, 0.25) is 0 Å². The monoisotopic (exact) mass is 258 g/mol. The lowest BCUT2D eigenvalue weighted by Crippen LogP contribution is -2.31. The van der Waals surface area contributed by atoms with Crippen LogP contribution >= 0.6 is 0 Å². The number of rotatable bonds is 4. The molecule has 0 aliphatic heterocycles. The summed E-state index contributed by atoms with van der Waals surface area (Å²) in [6.45, 7) is 2.94. The van der Waals surface area contributed by atoms with Crippen LogP contribution in [0.15, 0.2) is 41.5 Å². The zero-order valence-electron chi connectivity index (χ0n) is 10.5. The van der Waals surface area contributed by atoms with E-state index in [0.717, 1.165) is 5.56 Å². The van der Waals surface area contributed by atoms with E-state index in [0.29, 0.717) is 13.1 Å². The van der Waals surface area contributed by atoms with Crippen molar-refractivity contribution in [2.24, 2.45) is 0 Å². The molecule has 2 heterocycles. The summed E-state index contributed by atoms with van der Waals surface area (Å²) in [6.07, 6.45) is 3.37. The molecule has 0 aliphatic rings. The van der Waals surface area contributed by atoms with Crippen LogP contribution in [0.5, 0.6) is 0 Å². The van der Waals surface area contributed by atoms with Crippen LogP contribution in [0.3, 0.4) is 0 Å². The van der Waals surface area contributed by atoms with Crippen molar-refractivity contribution in [2.75, 3.05) is 6.54 Å². The molecule has 6 heteroatoms. The highest BCUT2D eigenvalue weighted by Gasteiger charge is 2.15. The molecule has 0 fully saturated rings. The first-order chi connectivity index (χ1) is 9.20. The zero-order valence-corrected chi connectivity index (χ0v) is 10.5. The van der Waals surface area contributed by atoms with Crippen molar-refractivity contribution in [1.82, 2.24) is 20.1 Å². The van der Waals surface area contributed by atoms with Gasteiger partial charge in [0.05, 0.1) is 0 Å². The summed E-state index contributed by atoms with van der Waals surface area (Å²) in [5, 5.41) is 6.01. The highest BCUT2D eigenvalue weighted by atomic mass is 16.2. The second-order valence-corrected chi connectivity index (χ2v) is 3.98. The van der Waals surface area contributed by atoms with Crippen LogP contribution in [0, 0.1) is 0 Å². The molecule has 2 rings (SSSR count). The minimum absolute atomic E-state index is 0.212. The molecule has 2 aromatic rings. The molecule has 1 amide bonds. The Kier molecular flexibility index (Phi) is 4.02. The van der Waals surface area contributed by atoms with E-state index < -0.39 is 0 Å². The molecule has 6 nitrogen and oxygen atoms in total. The summed E-state index contributed by atoms with van der Waals surface area (Å²) in [7, 11) is 0. The van der Waals surface area contributed by atoms with Crippen LogP contribution in [-0.2, 0) is 6.54 Å². The fourth-order valence-electron chi connectivity index (χ4n) is 1.66.